The molecule has 1 aliphatic rings. The lowest BCUT2D eigenvalue weighted by Crippen LogP contribution is -2.32. The van der Waals surface area contributed by atoms with Gasteiger partial charge in [-0.2, -0.15) is 0 Å². The number of ether oxygens (including phenoxy) is 1. The fourth-order valence-corrected chi connectivity index (χ4v) is 4.22. The lowest BCUT2D eigenvalue weighted by atomic mass is 10.2. The predicted molar refractivity (Wildman–Crippen MR) is 92.1 cm³/mol. The maximum absolute atomic E-state index is 12.5. The smallest absolute Gasteiger partial charge is 0.307 e. The largest absolute Gasteiger partial charge is 0.461 e. The van der Waals surface area contributed by atoms with Crippen molar-refractivity contribution < 1.29 is 17.9 Å². The Hall–Kier alpha value is -2.34. The van der Waals surface area contributed by atoms with Gasteiger partial charge in [0.15, 0.2) is 0 Å². The van der Waals surface area contributed by atoms with Gasteiger partial charge in [0.1, 0.15) is 6.61 Å². The fraction of sp³-hybridized carbons (Fsp3) is 0.278. The van der Waals surface area contributed by atoms with Gasteiger partial charge >= 0.3 is 5.97 Å². The van der Waals surface area contributed by atoms with Crippen LogP contribution in [-0.4, -0.2) is 26.7 Å². The second kappa shape index (κ2) is 7.05. The first kappa shape index (κ1) is 16.5. The minimum Gasteiger partial charge on any atom is -0.461 e. The Morgan fingerprint density at radius 3 is 2.54 bits per heavy atom. The van der Waals surface area contributed by atoms with Crippen LogP contribution in [0.1, 0.15) is 17.5 Å². The Balaban J connectivity index is 1.55. The van der Waals surface area contributed by atoms with Gasteiger partial charge in [-0.15, -0.1) is 0 Å². The number of hydrogen-bond acceptors (Lipinski definition) is 4. The van der Waals surface area contributed by atoms with E-state index in [2.05, 4.69) is 0 Å². The molecule has 24 heavy (non-hydrogen) atoms. The summed E-state index contributed by atoms with van der Waals surface area (Å²) in [5, 5.41) is 0. The highest BCUT2D eigenvalue weighted by atomic mass is 32.2. The normalized spacial score (nSPS) is 13.6. The molecule has 0 amide bonds. The predicted octanol–water partition coefficient (Wildman–Crippen LogP) is 2.51. The molecule has 0 saturated carbocycles. The average Bonchev–Trinajstić information content (AvgIpc) is 3.04. The van der Waals surface area contributed by atoms with Crippen molar-refractivity contribution in [2.75, 3.05) is 16.6 Å². The molecule has 1 aliphatic heterocycles. The molecule has 5 nitrogen and oxygen atoms in total. The lowest BCUT2D eigenvalue weighted by Gasteiger charge is -2.19. The number of para-hydroxylation sites is 1. The van der Waals surface area contributed by atoms with Gasteiger partial charge in [0, 0.05) is 6.54 Å². The summed E-state index contributed by atoms with van der Waals surface area (Å²) in [5.74, 6) is -0.746. The van der Waals surface area contributed by atoms with Crippen LogP contribution in [0.15, 0.2) is 54.6 Å². The molecule has 0 unspecified atom stereocenters. The quantitative estimate of drug-likeness (QED) is 0.755. The van der Waals surface area contributed by atoms with Crippen LogP contribution in [0.4, 0.5) is 5.69 Å². The van der Waals surface area contributed by atoms with E-state index in [4.69, 9.17) is 4.74 Å². The summed E-state index contributed by atoms with van der Waals surface area (Å²) in [5.41, 5.74) is 2.62. The molecule has 0 N–H and O–H groups in total. The van der Waals surface area contributed by atoms with E-state index in [0.717, 1.165) is 16.8 Å². The number of carbonyl (C=O) groups excluding carboxylic acids is 1. The van der Waals surface area contributed by atoms with Crippen LogP contribution in [0, 0.1) is 0 Å². The number of esters is 1. The van der Waals surface area contributed by atoms with Crippen LogP contribution < -0.4 is 4.31 Å². The molecule has 0 bridgehead atoms. The zero-order valence-electron chi connectivity index (χ0n) is 13.2. The standard InChI is InChI=1S/C18H19NO4S/c20-18(23-14-15-6-2-1-3-7-15)11-13-24(21,22)19-12-10-16-8-4-5-9-17(16)19/h1-9H,10-14H2. The number of fused-ring (bicyclic) bond motifs is 1. The van der Waals surface area contributed by atoms with Gasteiger partial charge in [-0.3, -0.25) is 9.10 Å². The Morgan fingerprint density at radius 2 is 1.75 bits per heavy atom. The molecule has 0 spiro atoms. The topological polar surface area (TPSA) is 63.7 Å². The van der Waals surface area contributed by atoms with Crippen molar-refractivity contribution in [1.82, 2.24) is 0 Å². The van der Waals surface area contributed by atoms with Gasteiger partial charge in [0.05, 0.1) is 17.9 Å². The third-order valence-corrected chi connectivity index (χ3v) is 5.76. The Labute approximate surface area is 141 Å². The number of nitrogens with zero attached hydrogens (tertiary/aromatic N) is 1. The number of anilines is 1. The highest BCUT2D eigenvalue weighted by molar-refractivity contribution is 7.92. The molecule has 0 aliphatic carbocycles. The van der Waals surface area contributed by atoms with Crippen LogP contribution in [0.2, 0.25) is 0 Å². The highest BCUT2D eigenvalue weighted by Gasteiger charge is 2.29. The maximum atomic E-state index is 12.5. The Kier molecular flexibility index (Phi) is 4.85. The van der Waals surface area contributed by atoms with E-state index < -0.39 is 16.0 Å². The number of hydrogen-bond donors (Lipinski definition) is 0. The molecule has 1 heterocycles. The number of benzene rings is 2. The Morgan fingerprint density at radius 1 is 1.04 bits per heavy atom. The summed E-state index contributed by atoms with van der Waals surface area (Å²) >= 11 is 0. The van der Waals surface area contributed by atoms with Crippen molar-refractivity contribution in [3.63, 3.8) is 0 Å². The molecule has 0 atom stereocenters. The van der Waals surface area contributed by atoms with E-state index in [1.54, 1.807) is 6.07 Å². The molecule has 0 saturated heterocycles. The van der Waals surface area contributed by atoms with Gasteiger partial charge in [0.25, 0.3) is 0 Å². The van der Waals surface area contributed by atoms with E-state index in [0.29, 0.717) is 13.0 Å². The molecular weight excluding hydrogens is 326 g/mol. The van der Waals surface area contributed by atoms with Crippen molar-refractivity contribution in [1.29, 1.82) is 0 Å². The van der Waals surface area contributed by atoms with Gasteiger partial charge in [-0.1, -0.05) is 48.5 Å². The first-order valence-electron chi connectivity index (χ1n) is 7.84. The molecule has 3 rings (SSSR count). The van der Waals surface area contributed by atoms with Gasteiger partial charge < -0.3 is 4.74 Å². The molecule has 126 valence electrons. The van der Waals surface area contributed by atoms with Gasteiger partial charge in [-0.05, 0) is 23.6 Å². The van der Waals surface area contributed by atoms with Crippen molar-refractivity contribution in [3.8, 4) is 0 Å². The molecule has 2 aromatic rings. The lowest BCUT2D eigenvalue weighted by molar-refractivity contribution is -0.144. The minimum absolute atomic E-state index is 0.145. The summed E-state index contributed by atoms with van der Waals surface area (Å²) in [4.78, 5) is 11.8. The number of carbonyl (C=O) groups is 1. The summed E-state index contributed by atoms with van der Waals surface area (Å²) in [6.45, 7) is 0.590. The van der Waals surface area contributed by atoms with E-state index in [1.807, 2.05) is 48.5 Å². The van der Waals surface area contributed by atoms with Gasteiger partial charge in [-0.25, -0.2) is 8.42 Å². The SMILES string of the molecule is O=C(CCS(=O)(=O)N1CCc2ccccc21)OCc1ccccc1. The molecule has 0 aromatic heterocycles. The first-order chi connectivity index (χ1) is 11.6. The first-order valence-corrected chi connectivity index (χ1v) is 9.45. The van der Waals surface area contributed by atoms with Gasteiger partial charge in [0.2, 0.25) is 10.0 Å². The summed E-state index contributed by atoms with van der Waals surface area (Å²) < 4.78 is 31.5. The monoisotopic (exact) mass is 345 g/mol. The van der Waals surface area contributed by atoms with Crippen LogP contribution in [-0.2, 0) is 32.6 Å². The van der Waals surface area contributed by atoms with Crippen molar-refractivity contribution in [3.05, 3.63) is 65.7 Å². The summed E-state index contributed by atoms with van der Waals surface area (Å²) in [6.07, 6.45) is 0.557. The molecule has 2 aromatic carbocycles. The van der Waals surface area contributed by atoms with Crippen LogP contribution in [0.25, 0.3) is 0 Å². The zero-order valence-corrected chi connectivity index (χ0v) is 14.0. The number of sulfonamides is 1. The highest BCUT2D eigenvalue weighted by Crippen LogP contribution is 2.30. The zero-order chi connectivity index (χ0) is 17.0. The maximum Gasteiger partial charge on any atom is 0.307 e. The third kappa shape index (κ3) is 3.76. The van der Waals surface area contributed by atoms with E-state index in [9.17, 15) is 13.2 Å². The molecule has 0 fully saturated rings. The van der Waals surface area contributed by atoms with E-state index in [1.165, 1.54) is 4.31 Å². The van der Waals surface area contributed by atoms with Crippen LogP contribution in [0.5, 0.6) is 0 Å². The summed E-state index contributed by atoms with van der Waals surface area (Å²) in [7, 11) is -3.52. The summed E-state index contributed by atoms with van der Waals surface area (Å²) in [6, 6.07) is 16.8. The van der Waals surface area contributed by atoms with Crippen molar-refractivity contribution >= 4 is 21.7 Å². The van der Waals surface area contributed by atoms with Crippen LogP contribution >= 0.6 is 0 Å². The van der Waals surface area contributed by atoms with E-state index >= 15 is 0 Å². The second-order valence-corrected chi connectivity index (χ2v) is 7.68. The van der Waals surface area contributed by atoms with Crippen LogP contribution in [0.3, 0.4) is 0 Å². The molecule has 6 heteroatoms. The molecule has 0 radical (unpaired) electrons. The second-order valence-electron chi connectivity index (χ2n) is 5.66. The number of rotatable bonds is 6. The van der Waals surface area contributed by atoms with Crippen molar-refractivity contribution in [2.45, 2.75) is 19.4 Å². The molecular formula is C18H19NO4S. The minimum atomic E-state index is -3.52. The third-order valence-electron chi connectivity index (χ3n) is 3.99. The van der Waals surface area contributed by atoms with Crippen molar-refractivity contribution in [2.24, 2.45) is 0 Å². The average molecular weight is 345 g/mol. The van der Waals surface area contributed by atoms with E-state index in [-0.39, 0.29) is 18.8 Å². The fourth-order valence-electron chi connectivity index (χ4n) is 2.73. The Bertz CT molecular complexity index is 818.